The number of hydrogen-bond acceptors (Lipinski definition) is 8. The van der Waals surface area contributed by atoms with Gasteiger partial charge in [0.15, 0.2) is 0 Å². The van der Waals surface area contributed by atoms with E-state index >= 15 is 0 Å². The summed E-state index contributed by atoms with van der Waals surface area (Å²) in [6.07, 6.45) is 1.57. The zero-order valence-electron chi connectivity index (χ0n) is 18.7. The smallest absolute Gasteiger partial charge is 0.259 e. The molecule has 1 atom stereocenters. The fourth-order valence-corrected chi connectivity index (χ4v) is 3.37. The Morgan fingerprint density at radius 3 is 2.52 bits per heavy atom. The fourth-order valence-electron chi connectivity index (χ4n) is 3.37. The molecule has 0 unspecified atom stereocenters. The number of rotatable bonds is 9. The number of benzene rings is 1. The molecule has 0 saturated heterocycles. The molecule has 8 nitrogen and oxygen atoms in total. The molecule has 0 saturated carbocycles. The summed E-state index contributed by atoms with van der Waals surface area (Å²) >= 11 is 0. The van der Waals surface area contributed by atoms with E-state index in [-0.39, 0.29) is 13.2 Å². The first-order chi connectivity index (χ1) is 14.9. The largest absolute Gasteiger partial charge is 0.490 e. The van der Waals surface area contributed by atoms with E-state index < -0.39 is 6.10 Å². The van der Waals surface area contributed by atoms with Crippen molar-refractivity contribution >= 4 is 5.82 Å². The molecule has 0 bridgehead atoms. The van der Waals surface area contributed by atoms with Crippen molar-refractivity contribution in [2.75, 3.05) is 31.7 Å². The average Bonchev–Trinajstić information content (AvgIpc) is 3.27. The Bertz CT molecular complexity index is 1030. The van der Waals surface area contributed by atoms with Crippen LogP contribution in [0.1, 0.15) is 30.5 Å². The van der Waals surface area contributed by atoms with Crippen LogP contribution in [-0.4, -0.2) is 58.2 Å². The number of hydrogen-bond donors (Lipinski definition) is 2. The highest BCUT2D eigenvalue weighted by molar-refractivity contribution is 5.64. The van der Waals surface area contributed by atoms with Crippen molar-refractivity contribution in [3.05, 3.63) is 41.1 Å². The molecule has 166 valence electrons. The maximum absolute atomic E-state index is 9.58. The maximum Gasteiger partial charge on any atom is 0.259 e. The monoisotopic (exact) mass is 426 g/mol. The molecule has 0 fully saturated rings. The van der Waals surface area contributed by atoms with Gasteiger partial charge in [0.05, 0.1) is 12.2 Å². The van der Waals surface area contributed by atoms with Gasteiger partial charge in [-0.2, -0.15) is 4.98 Å². The summed E-state index contributed by atoms with van der Waals surface area (Å²) in [5.74, 6) is 2.54. The summed E-state index contributed by atoms with van der Waals surface area (Å²) in [4.78, 5) is 11.2. The molecular weight excluding hydrogens is 396 g/mol. The summed E-state index contributed by atoms with van der Waals surface area (Å²) in [5.41, 5.74) is 4.50. The number of pyridine rings is 1. The second-order valence-corrected chi connectivity index (χ2v) is 7.58. The molecule has 2 N–H and O–H groups in total. The molecule has 31 heavy (non-hydrogen) atoms. The number of anilines is 1. The third kappa shape index (κ3) is 5.03. The van der Waals surface area contributed by atoms with Gasteiger partial charge in [0, 0.05) is 25.4 Å². The number of aromatic nitrogens is 3. The Balaban J connectivity index is 1.88. The van der Waals surface area contributed by atoms with Gasteiger partial charge in [0.1, 0.15) is 24.3 Å². The molecule has 0 spiro atoms. The van der Waals surface area contributed by atoms with Gasteiger partial charge in [-0.15, -0.1) is 0 Å². The molecule has 3 rings (SSSR count). The zero-order chi connectivity index (χ0) is 22.5. The first-order valence-electron chi connectivity index (χ1n) is 10.4. The molecule has 2 aromatic heterocycles. The molecule has 1 aromatic carbocycles. The summed E-state index contributed by atoms with van der Waals surface area (Å²) < 4.78 is 11.3. The Kier molecular flexibility index (Phi) is 7.25. The van der Waals surface area contributed by atoms with E-state index in [9.17, 15) is 5.11 Å². The SMILES string of the molecule is CCc1cc(-c2noc(-c3cnc(N(C)CC)c(C)c3)n2)cc(C)c1OC[C@H](O)CO. The van der Waals surface area contributed by atoms with E-state index in [0.717, 1.165) is 46.6 Å². The van der Waals surface area contributed by atoms with Crippen molar-refractivity contribution in [2.45, 2.75) is 40.2 Å². The van der Waals surface area contributed by atoms with Crippen LogP contribution in [0.2, 0.25) is 0 Å². The van der Waals surface area contributed by atoms with Crippen molar-refractivity contribution < 1.29 is 19.5 Å². The summed E-state index contributed by atoms with van der Waals surface area (Å²) in [6.45, 7) is 8.62. The lowest BCUT2D eigenvalue weighted by Gasteiger charge is -2.17. The second-order valence-electron chi connectivity index (χ2n) is 7.58. The first kappa shape index (κ1) is 22.7. The van der Waals surface area contributed by atoms with Crippen LogP contribution < -0.4 is 9.64 Å². The van der Waals surface area contributed by atoms with Gasteiger partial charge in [0.2, 0.25) is 5.82 Å². The Hall–Kier alpha value is -2.97. The number of nitrogens with zero attached hydrogens (tertiary/aromatic N) is 4. The van der Waals surface area contributed by atoms with Crippen LogP contribution in [-0.2, 0) is 6.42 Å². The highest BCUT2D eigenvalue weighted by atomic mass is 16.5. The van der Waals surface area contributed by atoms with Gasteiger partial charge in [-0.05, 0) is 62.1 Å². The predicted molar refractivity (Wildman–Crippen MR) is 119 cm³/mol. The number of aliphatic hydroxyl groups is 2. The quantitative estimate of drug-likeness (QED) is 0.538. The highest BCUT2D eigenvalue weighted by Crippen LogP contribution is 2.31. The van der Waals surface area contributed by atoms with Crippen LogP contribution in [0.5, 0.6) is 5.75 Å². The molecule has 0 radical (unpaired) electrons. The zero-order valence-corrected chi connectivity index (χ0v) is 18.7. The van der Waals surface area contributed by atoms with Crippen LogP contribution in [0.3, 0.4) is 0 Å². The van der Waals surface area contributed by atoms with Crippen LogP contribution in [0.25, 0.3) is 22.8 Å². The molecular formula is C23H30N4O4. The van der Waals surface area contributed by atoms with E-state index in [1.807, 2.05) is 46.0 Å². The topological polar surface area (TPSA) is 105 Å². The Morgan fingerprint density at radius 2 is 1.87 bits per heavy atom. The van der Waals surface area contributed by atoms with Gasteiger partial charge in [-0.1, -0.05) is 12.1 Å². The molecule has 2 heterocycles. The van der Waals surface area contributed by atoms with Crippen molar-refractivity contribution in [1.29, 1.82) is 0 Å². The molecule has 3 aromatic rings. The van der Waals surface area contributed by atoms with Crippen molar-refractivity contribution in [3.63, 3.8) is 0 Å². The predicted octanol–water partition coefficient (Wildman–Crippen LogP) is 3.17. The van der Waals surface area contributed by atoms with Gasteiger partial charge in [0.25, 0.3) is 5.89 Å². The first-order valence-corrected chi connectivity index (χ1v) is 10.4. The fraction of sp³-hybridized carbons (Fsp3) is 0.435. The standard InChI is InChI=1S/C23H30N4O4/c1-6-16-10-17(8-14(3)20(16)30-13-19(29)12-28)21-25-23(31-26-21)18-9-15(4)22(24-11-18)27(5)7-2/h8-11,19,28-29H,6-7,12-13H2,1-5H3/t19-/m1/s1. The Morgan fingerprint density at radius 1 is 1.13 bits per heavy atom. The number of aryl methyl sites for hydroxylation is 3. The van der Waals surface area contributed by atoms with Gasteiger partial charge in [-0.3, -0.25) is 0 Å². The highest BCUT2D eigenvalue weighted by Gasteiger charge is 2.17. The van der Waals surface area contributed by atoms with Crippen LogP contribution in [0.15, 0.2) is 28.9 Å². The molecule has 0 aliphatic heterocycles. The minimum absolute atomic E-state index is 0.0333. The number of ether oxygens (including phenoxy) is 1. The minimum atomic E-state index is -0.913. The Labute approximate surface area is 182 Å². The van der Waals surface area contributed by atoms with Crippen molar-refractivity contribution in [3.8, 4) is 28.6 Å². The van der Waals surface area contributed by atoms with Gasteiger partial charge < -0.3 is 24.4 Å². The molecule has 0 aliphatic carbocycles. The lowest BCUT2D eigenvalue weighted by Crippen LogP contribution is -2.22. The second kappa shape index (κ2) is 9.89. The van der Waals surface area contributed by atoms with Crippen LogP contribution in [0, 0.1) is 13.8 Å². The van der Waals surface area contributed by atoms with Gasteiger partial charge in [-0.25, -0.2) is 4.98 Å². The molecule has 0 amide bonds. The summed E-state index contributed by atoms with van der Waals surface area (Å²) in [7, 11) is 2.01. The summed E-state index contributed by atoms with van der Waals surface area (Å²) in [6, 6.07) is 5.89. The van der Waals surface area contributed by atoms with E-state index in [0.29, 0.717) is 17.5 Å². The van der Waals surface area contributed by atoms with E-state index in [2.05, 4.69) is 26.9 Å². The number of aliphatic hydroxyl groups excluding tert-OH is 2. The third-order valence-corrected chi connectivity index (χ3v) is 5.18. The van der Waals surface area contributed by atoms with Crippen molar-refractivity contribution in [1.82, 2.24) is 15.1 Å². The normalized spacial score (nSPS) is 12.1. The molecule has 8 heteroatoms. The lowest BCUT2D eigenvalue weighted by atomic mass is 10.0. The van der Waals surface area contributed by atoms with Crippen molar-refractivity contribution in [2.24, 2.45) is 0 Å². The molecule has 0 aliphatic rings. The van der Waals surface area contributed by atoms with E-state index in [1.165, 1.54) is 0 Å². The van der Waals surface area contributed by atoms with E-state index in [1.54, 1.807) is 6.20 Å². The van der Waals surface area contributed by atoms with Crippen LogP contribution in [0.4, 0.5) is 5.82 Å². The summed E-state index contributed by atoms with van der Waals surface area (Å²) in [5, 5.41) is 22.8. The maximum atomic E-state index is 9.58. The minimum Gasteiger partial charge on any atom is -0.490 e. The lowest BCUT2D eigenvalue weighted by molar-refractivity contribution is 0.0531. The average molecular weight is 427 g/mol. The van der Waals surface area contributed by atoms with E-state index in [4.69, 9.17) is 14.4 Å². The van der Waals surface area contributed by atoms with Crippen LogP contribution >= 0.6 is 0 Å². The third-order valence-electron chi connectivity index (χ3n) is 5.18. The van der Waals surface area contributed by atoms with Gasteiger partial charge >= 0.3 is 0 Å².